The SMILES string of the molecule is CCCCCCCCOc1ccc(/C=C(\C)C(=O)c2ccc(N)cc2)cc1. The minimum absolute atomic E-state index is 0.0124. The molecule has 0 aliphatic carbocycles. The third-order valence-corrected chi connectivity index (χ3v) is 4.56. The fourth-order valence-electron chi connectivity index (χ4n) is 2.91. The number of nitrogen functional groups attached to an aromatic ring is 1. The van der Waals surface area contributed by atoms with Crippen molar-refractivity contribution in [2.24, 2.45) is 0 Å². The first-order chi connectivity index (χ1) is 13.1. The number of allylic oxidation sites excluding steroid dienone is 1. The molecule has 0 saturated heterocycles. The van der Waals surface area contributed by atoms with Gasteiger partial charge in [-0.15, -0.1) is 0 Å². The van der Waals surface area contributed by atoms with Crippen molar-refractivity contribution in [2.75, 3.05) is 12.3 Å². The zero-order valence-corrected chi connectivity index (χ0v) is 16.5. The van der Waals surface area contributed by atoms with Crippen LogP contribution in [0.2, 0.25) is 0 Å². The van der Waals surface area contributed by atoms with Crippen LogP contribution in [0.25, 0.3) is 6.08 Å². The molecule has 2 rings (SSSR count). The number of anilines is 1. The van der Waals surface area contributed by atoms with E-state index in [2.05, 4.69) is 6.92 Å². The van der Waals surface area contributed by atoms with Crippen molar-refractivity contribution in [2.45, 2.75) is 52.4 Å². The predicted molar refractivity (Wildman–Crippen MR) is 114 cm³/mol. The Morgan fingerprint density at radius 3 is 2.22 bits per heavy atom. The molecule has 0 saturated carbocycles. The van der Waals surface area contributed by atoms with E-state index in [0.29, 0.717) is 16.8 Å². The van der Waals surface area contributed by atoms with Crippen molar-refractivity contribution >= 4 is 17.5 Å². The summed E-state index contributed by atoms with van der Waals surface area (Å²) in [5.41, 5.74) is 8.66. The summed E-state index contributed by atoms with van der Waals surface area (Å²) in [6.45, 7) is 4.83. The Bertz CT molecular complexity index is 730. The van der Waals surface area contributed by atoms with E-state index in [9.17, 15) is 4.79 Å². The highest BCUT2D eigenvalue weighted by Crippen LogP contribution is 2.17. The maximum atomic E-state index is 12.5. The predicted octanol–water partition coefficient (Wildman–Crippen LogP) is 6.29. The Morgan fingerprint density at radius 2 is 1.56 bits per heavy atom. The van der Waals surface area contributed by atoms with E-state index in [0.717, 1.165) is 24.3 Å². The third-order valence-electron chi connectivity index (χ3n) is 4.56. The smallest absolute Gasteiger partial charge is 0.188 e. The zero-order chi connectivity index (χ0) is 19.5. The lowest BCUT2D eigenvalue weighted by Gasteiger charge is -2.07. The molecule has 0 amide bonds. The molecule has 3 heteroatoms. The number of carbonyl (C=O) groups excluding carboxylic acids is 1. The van der Waals surface area contributed by atoms with Crippen molar-refractivity contribution in [3.05, 3.63) is 65.2 Å². The van der Waals surface area contributed by atoms with Gasteiger partial charge in [-0.05, 0) is 67.0 Å². The summed E-state index contributed by atoms with van der Waals surface area (Å²) in [4.78, 5) is 12.5. The van der Waals surface area contributed by atoms with Gasteiger partial charge in [0.05, 0.1) is 6.61 Å². The lowest BCUT2D eigenvalue weighted by molar-refractivity contribution is 0.103. The van der Waals surface area contributed by atoms with Crippen LogP contribution in [0.3, 0.4) is 0 Å². The normalized spacial score (nSPS) is 11.4. The van der Waals surface area contributed by atoms with Crippen LogP contribution in [0.5, 0.6) is 5.75 Å². The highest BCUT2D eigenvalue weighted by Gasteiger charge is 2.08. The van der Waals surface area contributed by atoms with Gasteiger partial charge in [0.1, 0.15) is 5.75 Å². The fourth-order valence-corrected chi connectivity index (χ4v) is 2.91. The van der Waals surface area contributed by atoms with E-state index in [4.69, 9.17) is 10.5 Å². The van der Waals surface area contributed by atoms with E-state index in [1.54, 1.807) is 24.3 Å². The van der Waals surface area contributed by atoms with Crippen LogP contribution in [0, 0.1) is 0 Å². The Kier molecular flexibility index (Phi) is 8.63. The number of Topliss-reactive ketones (excluding diaryl/α,β-unsaturated/α-hetero) is 1. The molecule has 2 N–H and O–H groups in total. The molecular formula is C24H31NO2. The van der Waals surface area contributed by atoms with Gasteiger partial charge in [-0.2, -0.15) is 0 Å². The van der Waals surface area contributed by atoms with E-state index in [-0.39, 0.29) is 5.78 Å². The molecule has 2 aromatic carbocycles. The number of ether oxygens (including phenoxy) is 1. The molecule has 144 valence electrons. The lowest BCUT2D eigenvalue weighted by Crippen LogP contribution is -2.01. The Hall–Kier alpha value is -2.55. The van der Waals surface area contributed by atoms with Gasteiger partial charge in [-0.1, -0.05) is 51.2 Å². The summed E-state index contributed by atoms with van der Waals surface area (Å²) in [6.07, 6.45) is 9.46. The van der Waals surface area contributed by atoms with Crippen molar-refractivity contribution in [3.63, 3.8) is 0 Å². The van der Waals surface area contributed by atoms with Gasteiger partial charge in [0.15, 0.2) is 5.78 Å². The molecule has 0 fully saturated rings. The number of ketones is 1. The molecular weight excluding hydrogens is 334 g/mol. The molecule has 0 aromatic heterocycles. The molecule has 27 heavy (non-hydrogen) atoms. The van der Waals surface area contributed by atoms with E-state index < -0.39 is 0 Å². The molecule has 0 atom stereocenters. The number of carbonyl (C=O) groups is 1. The average molecular weight is 366 g/mol. The lowest BCUT2D eigenvalue weighted by atomic mass is 10.0. The summed E-state index contributed by atoms with van der Waals surface area (Å²) in [7, 11) is 0. The monoisotopic (exact) mass is 365 g/mol. The minimum Gasteiger partial charge on any atom is -0.494 e. The number of hydrogen-bond acceptors (Lipinski definition) is 3. The van der Waals surface area contributed by atoms with Crippen LogP contribution in [0.15, 0.2) is 54.1 Å². The maximum absolute atomic E-state index is 12.5. The van der Waals surface area contributed by atoms with Gasteiger partial charge in [0, 0.05) is 11.3 Å². The molecule has 2 aromatic rings. The molecule has 0 heterocycles. The number of unbranched alkanes of at least 4 members (excludes halogenated alkanes) is 5. The van der Waals surface area contributed by atoms with Crippen LogP contribution in [0.1, 0.15) is 68.3 Å². The molecule has 0 spiro atoms. The van der Waals surface area contributed by atoms with Gasteiger partial charge in [0.25, 0.3) is 0 Å². The van der Waals surface area contributed by atoms with Crippen molar-refractivity contribution in [3.8, 4) is 5.75 Å². The number of nitrogens with two attached hydrogens (primary N) is 1. The van der Waals surface area contributed by atoms with Crippen LogP contribution in [-0.4, -0.2) is 12.4 Å². The standard InChI is InChI=1S/C24H31NO2/c1-3-4-5-6-7-8-17-27-23-15-9-20(10-16-23)18-19(2)24(26)21-11-13-22(25)14-12-21/h9-16,18H,3-8,17,25H2,1-2H3/b19-18+. The first-order valence-corrected chi connectivity index (χ1v) is 9.91. The van der Waals surface area contributed by atoms with Crippen molar-refractivity contribution < 1.29 is 9.53 Å². The summed E-state index contributed by atoms with van der Waals surface area (Å²) in [6, 6.07) is 14.9. The second kappa shape index (κ2) is 11.2. The topological polar surface area (TPSA) is 52.3 Å². The van der Waals surface area contributed by atoms with Gasteiger partial charge in [0.2, 0.25) is 0 Å². The zero-order valence-electron chi connectivity index (χ0n) is 16.5. The van der Waals surface area contributed by atoms with Gasteiger partial charge in [-0.3, -0.25) is 4.79 Å². The summed E-state index contributed by atoms with van der Waals surface area (Å²) in [5, 5.41) is 0. The van der Waals surface area contributed by atoms with Crippen LogP contribution in [-0.2, 0) is 0 Å². The second-order valence-corrected chi connectivity index (χ2v) is 6.96. The Labute approximate surface area is 163 Å². The molecule has 0 aliphatic heterocycles. The van der Waals surface area contributed by atoms with Crippen LogP contribution < -0.4 is 10.5 Å². The fraction of sp³-hybridized carbons (Fsp3) is 0.375. The van der Waals surface area contributed by atoms with E-state index in [1.807, 2.05) is 37.3 Å². The number of rotatable bonds is 11. The Morgan fingerprint density at radius 1 is 0.926 bits per heavy atom. The van der Waals surface area contributed by atoms with Crippen molar-refractivity contribution in [1.29, 1.82) is 0 Å². The summed E-state index contributed by atoms with van der Waals surface area (Å²) >= 11 is 0. The maximum Gasteiger partial charge on any atom is 0.188 e. The van der Waals surface area contributed by atoms with E-state index >= 15 is 0 Å². The van der Waals surface area contributed by atoms with E-state index in [1.165, 1.54) is 32.1 Å². The van der Waals surface area contributed by atoms with Gasteiger partial charge < -0.3 is 10.5 Å². The van der Waals surface area contributed by atoms with Gasteiger partial charge in [-0.25, -0.2) is 0 Å². The summed E-state index contributed by atoms with van der Waals surface area (Å²) < 4.78 is 5.80. The number of hydrogen-bond donors (Lipinski definition) is 1. The molecule has 0 bridgehead atoms. The molecule has 0 unspecified atom stereocenters. The van der Waals surface area contributed by atoms with Gasteiger partial charge >= 0.3 is 0 Å². The first kappa shape index (κ1) is 20.8. The molecule has 0 radical (unpaired) electrons. The molecule has 3 nitrogen and oxygen atoms in total. The average Bonchev–Trinajstić information content (AvgIpc) is 2.68. The highest BCUT2D eigenvalue weighted by molar-refractivity contribution is 6.11. The second-order valence-electron chi connectivity index (χ2n) is 6.96. The minimum atomic E-state index is 0.0124. The summed E-state index contributed by atoms with van der Waals surface area (Å²) in [5.74, 6) is 0.890. The van der Waals surface area contributed by atoms with Crippen molar-refractivity contribution in [1.82, 2.24) is 0 Å². The Balaban J connectivity index is 1.82. The highest BCUT2D eigenvalue weighted by atomic mass is 16.5. The molecule has 0 aliphatic rings. The largest absolute Gasteiger partial charge is 0.494 e. The quantitative estimate of drug-likeness (QED) is 0.220. The third kappa shape index (κ3) is 7.30. The first-order valence-electron chi connectivity index (χ1n) is 9.91. The van der Waals surface area contributed by atoms with Crippen LogP contribution in [0.4, 0.5) is 5.69 Å². The van der Waals surface area contributed by atoms with Crippen LogP contribution >= 0.6 is 0 Å². The number of benzene rings is 2.